The zero-order valence-electron chi connectivity index (χ0n) is 16.8. The molecule has 2 aliphatic heterocycles. The molecule has 0 radical (unpaired) electrons. The van der Waals surface area contributed by atoms with Crippen LogP contribution in [0.2, 0.25) is 0 Å². The van der Waals surface area contributed by atoms with E-state index in [1.165, 1.54) is 5.56 Å². The zero-order valence-corrected chi connectivity index (χ0v) is 16.8. The standard InChI is InChI=1S/C21H30N6O/c1-25-9-11-26(12-10-25)21-23-13-17(14-24-21)16-27-8-7-22-15-19(27)18-5-3-4-6-20(18)28-2/h3-6,13-14,19,22H,7-12,15-16H2,1-2H3. The average molecular weight is 383 g/mol. The van der Waals surface area contributed by atoms with Gasteiger partial charge >= 0.3 is 0 Å². The van der Waals surface area contributed by atoms with Crippen LogP contribution in [0.25, 0.3) is 0 Å². The lowest BCUT2D eigenvalue weighted by Gasteiger charge is -2.37. The van der Waals surface area contributed by atoms with Crippen molar-refractivity contribution in [1.29, 1.82) is 0 Å². The van der Waals surface area contributed by atoms with Gasteiger partial charge in [-0.25, -0.2) is 9.97 Å². The predicted molar refractivity (Wildman–Crippen MR) is 111 cm³/mol. The topological polar surface area (TPSA) is 56.8 Å². The molecule has 2 aromatic rings. The summed E-state index contributed by atoms with van der Waals surface area (Å²) in [6.07, 6.45) is 3.98. The molecule has 1 unspecified atom stereocenters. The van der Waals surface area contributed by atoms with E-state index >= 15 is 0 Å². The number of benzene rings is 1. The Hall–Kier alpha value is -2.22. The largest absolute Gasteiger partial charge is 0.496 e. The molecule has 4 rings (SSSR count). The minimum atomic E-state index is 0.280. The van der Waals surface area contributed by atoms with Crippen LogP contribution in [-0.2, 0) is 6.54 Å². The van der Waals surface area contributed by atoms with Crippen LogP contribution in [0.15, 0.2) is 36.7 Å². The maximum absolute atomic E-state index is 5.60. The normalized spacial score (nSPS) is 21.6. The average Bonchev–Trinajstić information content (AvgIpc) is 2.75. The molecule has 0 bridgehead atoms. The van der Waals surface area contributed by atoms with Crippen molar-refractivity contribution in [2.45, 2.75) is 12.6 Å². The summed E-state index contributed by atoms with van der Waals surface area (Å²) in [5.41, 5.74) is 2.38. The van der Waals surface area contributed by atoms with Crippen LogP contribution >= 0.6 is 0 Å². The van der Waals surface area contributed by atoms with E-state index in [0.29, 0.717) is 0 Å². The molecule has 28 heavy (non-hydrogen) atoms. The minimum Gasteiger partial charge on any atom is -0.496 e. The highest BCUT2D eigenvalue weighted by molar-refractivity contribution is 5.37. The van der Waals surface area contributed by atoms with Crippen LogP contribution in [0, 0.1) is 0 Å². The van der Waals surface area contributed by atoms with Gasteiger partial charge in [-0.15, -0.1) is 0 Å². The van der Waals surface area contributed by atoms with E-state index in [4.69, 9.17) is 4.74 Å². The molecule has 150 valence electrons. The Morgan fingerprint density at radius 1 is 1.07 bits per heavy atom. The second-order valence-corrected chi connectivity index (χ2v) is 7.61. The molecule has 1 atom stereocenters. The van der Waals surface area contributed by atoms with E-state index in [2.05, 4.69) is 49.2 Å². The Morgan fingerprint density at radius 2 is 1.82 bits per heavy atom. The highest BCUT2D eigenvalue weighted by Gasteiger charge is 2.26. The van der Waals surface area contributed by atoms with Gasteiger partial charge in [0, 0.05) is 75.9 Å². The Balaban J connectivity index is 1.46. The van der Waals surface area contributed by atoms with Gasteiger partial charge in [0.1, 0.15) is 5.75 Å². The number of aromatic nitrogens is 2. The first-order valence-electron chi connectivity index (χ1n) is 10.1. The molecule has 1 aromatic carbocycles. The second-order valence-electron chi connectivity index (χ2n) is 7.61. The van der Waals surface area contributed by atoms with Crippen molar-refractivity contribution in [2.24, 2.45) is 0 Å². The summed E-state index contributed by atoms with van der Waals surface area (Å²) >= 11 is 0. The molecule has 1 aromatic heterocycles. The molecule has 2 fully saturated rings. The number of ether oxygens (including phenoxy) is 1. The first-order chi connectivity index (χ1) is 13.7. The molecule has 0 spiro atoms. The van der Waals surface area contributed by atoms with E-state index in [0.717, 1.165) is 69.6 Å². The summed E-state index contributed by atoms with van der Waals surface area (Å²) in [4.78, 5) is 16.4. The lowest BCUT2D eigenvalue weighted by atomic mass is 10.0. The summed E-state index contributed by atoms with van der Waals surface area (Å²) in [6.45, 7) is 7.84. The quantitative estimate of drug-likeness (QED) is 0.838. The molecule has 0 aliphatic carbocycles. The lowest BCUT2D eigenvalue weighted by Crippen LogP contribution is -2.46. The summed E-state index contributed by atoms with van der Waals surface area (Å²) in [7, 11) is 3.90. The number of piperazine rings is 2. The highest BCUT2D eigenvalue weighted by atomic mass is 16.5. The monoisotopic (exact) mass is 382 g/mol. The smallest absolute Gasteiger partial charge is 0.225 e. The molecule has 2 saturated heterocycles. The van der Waals surface area contributed by atoms with Crippen LogP contribution in [0.3, 0.4) is 0 Å². The molecule has 7 heteroatoms. The van der Waals surface area contributed by atoms with Gasteiger partial charge in [-0.3, -0.25) is 4.90 Å². The zero-order chi connectivity index (χ0) is 19.3. The number of rotatable bonds is 5. The number of nitrogens with zero attached hydrogens (tertiary/aromatic N) is 5. The van der Waals surface area contributed by atoms with E-state index in [9.17, 15) is 0 Å². The fourth-order valence-electron chi connectivity index (χ4n) is 4.02. The number of hydrogen-bond donors (Lipinski definition) is 1. The van der Waals surface area contributed by atoms with Gasteiger partial charge < -0.3 is 19.9 Å². The van der Waals surface area contributed by atoms with Crippen LogP contribution in [0.5, 0.6) is 5.75 Å². The predicted octanol–water partition coefficient (Wildman–Crippen LogP) is 1.38. The van der Waals surface area contributed by atoms with Crippen molar-refractivity contribution in [3.05, 3.63) is 47.8 Å². The SMILES string of the molecule is COc1ccccc1C1CNCCN1Cc1cnc(N2CCN(C)CC2)nc1. The van der Waals surface area contributed by atoms with Crippen molar-refractivity contribution in [2.75, 3.05) is 64.9 Å². The van der Waals surface area contributed by atoms with Gasteiger partial charge in [0.2, 0.25) is 5.95 Å². The molecular weight excluding hydrogens is 352 g/mol. The molecular formula is C21H30N6O. The van der Waals surface area contributed by atoms with E-state index in [1.807, 2.05) is 24.5 Å². The van der Waals surface area contributed by atoms with Crippen molar-refractivity contribution < 1.29 is 4.74 Å². The minimum absolute atomic E-state index is 0.280. The summed E-state index contributed by atoms with van der Waals surface area (Å²) in [5, 5.41) is 3.52. The number of methoxy groups -OCH3 is 1. The number of anilines is 1. The molecule has 0 saturated carbocycles. The fraction of sp³-hybridized carbons (Fsp3) is 0.524. The Kier molecular flexibility index (Phi) is 6.04. The third-order valence-corrected chi connectivity index (χ3v) is 5.72. The third kappa shape index (κ3) is 4.27. The number of likely N-dealkylation sites (N-methyl/N-ethyl adjacent to an activating group) is 1. The van der Waals surface area contributed by atoms with Gasteiger partial charge in [0.15, 0.2) is 0 Å². The molecule has 2 aliphatic rings. The summed E-state index contributed by atoms with van der Waals surface area (Å²) in [5.74, 6) is 1.79. The Labute approximate surface area is 167 Å². The third-order valence-electron chi connectivity index (χ3n) is 5.72. The fourth-order valence-corrected chi connectivity index (χ4v) is 4.02. The van der Waals surface area contributed by atoms with Crippen LogP contribution in [0.4, 0.5) is 5.95 Å². The van der Waals surface area contributed by atoms with E-state index in [1.54, 1.807) is 7.11 Å². The molecule has 7 nitrogen and oxygen atoms in total. The maximum Gasteiger partial charge on any atom is 0.225 e. The van der Waals surface area contributed by atoms with Crippen molar-refractivity contribution in [3.63, 3.8) is 0 Å². The molecule has 0 amide bonds. The Bertz CT molecular complexity index is 760. The van der Waals surface area contributed by atoms with Gasteiger partial charge in [-0.1, -0.05) is 18.2 Å². The Morgan fingerprint density at radius 3 is 2.57 bits per heavy atom. The summed E-state index contributed by atoms with van der Waals surface area (Å²) in [6, 6.07) is 8.58. The molecule has 3 heterocycles. The lowest BCUT2D eigenvalue weighted by molar-refractivity contribution is 0.150. The van der Waals surface area contributed by atoms with Gasteiger partial charge in [-0.2, -0.15) is 0 Å². The maximum atomic E-state index is 5.60. The number of hydrogen-bond acceptors (Lipinski definition) is 7. The number of para-hydroxylation sites is 1. The second kappa shape index (κ2) is 8.86. The van der Waals surface area contributed by atoms with Crippen LogP contribution < -0.4 is 15.0 Å². The summed E-state index contributed by atoms with van der Waals surface area (Å²) < 4.78 is 5.60. The van der Waals surface area contributed by atoms with E-state index < -0.39 is 0 Å². The highest BCUT2D eigenvalue weighted by Crippen LogP contribution is 2.31. The van der Waals surface area contributed by atoms with Crippen molar-refractivity contribution in [3.8, 4) is 5.75 Å². The first kappa shape index (κ1) is 19.1. The van der Waals surface area contributed by atoms with Crippen LogP contribution in [-0.4, -0.2) is 79.7 Å². The van der Waals surface area contributed by atoms with Gasteiger partial charge in [0.25, 0.3) is 0 Å². The molecule has 1 N–H and O–H groups in total. The van der Waals surface area contributed by atoms with Crippen molar-refractivity contribution >= 4 is 5.95 Å². The van der Waals surface area contributed by atoms with Gasteiger partial charge in [-0.05, 0) is 13.1 Å². The number of nitrogens with one attached hydrogen (secondary N) is 1. The van der Waals surface area contributed by atoms with Gasteiger partial charge in [0.05, 0.1) is 13.2 Å². The van der Waals surface area contributed by atoms with Crippen molar-refractivity contribution in [1.82, 2.24) is 25.1 Å². The van der Waals surface area contributed by atoms with E-state index in [-0.39, 0.29) is 6.04 Å². The first-order valence-corrected chi connectivity index (χ1v) is 10.1. The van der Waals surface area contributed by atoms with Crippen LogP contribution in [0.1, 0.15) is 17.2 Å².